The number of hydrogen-bond donors (Lipinski definition) is 1. The Morgan fingerprint density at radius 2 is 1.79 bits per heavy atom. The van der Waals surface area contributed by atoms with Gasteiger partial charge in [0.05, 0.1) is 11.6 Å². The topological polar surface area (TPSA) is 58.1 Å². The Hall–Kier alpha value is -3.25. The third kappa shape index (κ3) is 5.12. The van der Waals surface area contributed by atoms with Crippen molar-refractivity contribution in [3.8, 4) is 11.4 Å². The van der Waals surface area contributed by atoms with E-state index in [0.717, 1.165) is 45.2 Å². The molecule has 1 saturated carbocycles. The molecule has 4 aromatic rings. The van der Waals surface area contributed by atoms with E-state index in [1.165, 1.54) is 0 Å². The molecule has 1 N–H and O–H groups in total. The van der Waals surface area contributed by atoms with Gasteiger partial charge in [0.2, 0.25) is 5.91 Å². The summed E-state index contributed by atoms with van der Waals surface area (Å²) in [6.07, 6.45) is 2.65. The second-order valence-corrected chi connectivity index (χ2v) is 9.69. The van der Waals surface area contributed by atoms with Crippen LogP contribution in [0.4, 0.5) is 5.82 Å². The van der Waals surface area contributed by atoms with Gasteiger partial charge in [-0.2, -0.15) is 0 Å². The molecule has 0 saturated heterocycles. The Morgan fingerprint density at radius 1 is 1.03 bits per heavy atom. The minimum Gasteiger partial charge on any atom is -0.352 e. The van der Waals surface area contributed by atoms with Crippen LogP contribution < -0.4 is 10.2 Å². The maximum Gasteiger partial charge on any atom is 0.222 e. The number of aromatic nitrogens is 2. The van der Waals surface area contributed by atoms with Gasteiger partial charge >= 0.3 is 0 Å². The average Bonchev–Trinajstić information content (AvgIpc) is 3.70. The summed E-state index contributed by atoms with van der Waals surface area (Å²) in [6, 6.07) is 26.6. The molecule has 172 valence electrons. The molecule has 5 rings (SSSR count). The molecule has 1 aliphatic rings. The minimum atomic E-state index is -0.0221. The van der Waals surface area contributed by atoms with E-state index in [4.69, 9.17) is 9.97 Å². The quantitative estimate of drug-likeness (QED) is 0.300. The molecule has 0 spiro atoms. The fourth-order valence-corrected chi connectivity index (χ4v) is 4.64. The maximum atomic E-state index is 12.8. The van der Waals surface area contributed by atoms with Gasteiger partial charge in [-0.25, -0.2) is 9.97 Å². The molecule has 1 amide bonds. The first kappa shape index (κ1) is 22.5. The number of benzene rings is 3. The Balaban J connectivity index is 1.40. The number of nitrogens with zero attached hydrogens (tertiary/aromatic N) is 3. The third-order valence-electron chi connectivity index (χ3n) is 6.18. The van der Waals surface area contributed by atoms with E-state index in [1.807, 2.05) is 79.7 Å². The van der Waals surface area contributed by atoms with Crippen LogP contribution in [-0.2, 0) is 4.79 Å². The predicted octanol–water partition coefficient (Wildman–Crippen LogP) is 6.30. The summed E-state index contributed by atoms with van der Waals surface area (Å²) in [7, 11) is 0. The second kappa shape index (κ2) is 9.94. The number of hydrogen-bond acceptors (Lipinski definition) is 4. The van der Waals surface area contributed by atoms with Crippen molar-refractivity contribution in [1.82, 2.24) is 15.3 Å². The van der Waals surface area contributed by atoms with Crippen molar-refractivity contribution < 1.29 is 4.79 Å². The highest BCUT2D eigenvalue weighted by atomic mass is 79.9. The van der Waals surface area contributed by atoms with Gasteiger partial charge in [-0.1, -0.05) is 70.5 Å². The SMILES string of the molecule is CC(NC(=O)CCN(c1nc(-c2cccc(Br)c2)nc2ccccc12)C1CC1)c1ccccc1. The Kier molecular flexibility index (Phi) is 6.59. The first-order valence-corrected chi connectivity index (χ1v) is 12.5. The van der Waals surface area contributed by atoms with E-state index in [2.05, 4.69) is 32.2 Å². The van der Waals surface area contributed by atoms with Gasteiger partial charge in [-0.3, -0.25) is 4.79 Å². The molecular formula is C28H27BrN4O. The van der Waals surface area contributed by atoms with Crippen molar-refractivity contribution in [3.05, 3.63) is 88.9 Å². The van der Waals surface area contributed by atoms with E-state index in [9.17, 15) is 4.79 Å². The molecule has 34 heavy (non-hydrogen) atoms. The first-order valence-electron chi connectivity index (χ1n) is 11.7. The normalized spacial score (nSPS) is 14.1. The number of amides is 1. The van der Waals surface area contributed by atoms with E-state index in [1.54, 1.807) is 0 Å². The summed E-state index contributed by atoms with van der Waals surface area (Å²) in [4.78, 5) is 25.0. The molecule has 3 aromatic carbocycles. The number of para-hydroxylation sites is 1. The van der Waals surface area contributed by atoms with E-state index in [0.29, 0.717) is 24.8 Å². The first-order chi connectivity index (χ1) is 16.6. The van der Waals surface area contributed by atoms with Crippen molar-refractivity contribution >= 4 is 38.6 Å². The number of rotatable bonds is 8. The number of nitrogens with one attached hydrogen (secondary N) is 1. The summed E-state index contributed by atoms with van der Waals surface area (Å²) >= 11 is 3.56. The summed E-state index contributed by atoms with van der Waals surface area (Å²) in [5, 5.41) is 4.16. The fraction of sp³-hybridized carbons (Fsp3) is 0.250. The molecule has 1 aromatic heterocycles. The highest BCUT2D eigenvalue weighted by Gasteiger charge is 2.32. The molecule has 5 nitrogen and oxygen atoms in total. The van der Waals surface area contributed by atoms with Crippen molar-refractivity contribution in [2.24, 2.45) is 0 Å². The summed E-state index contributed by atoms with van der Waals surface area (Å²) in [5.41, 5.74) is 2.98. The lowest BCUT2D eigenvalue weighted by atomic mass is 10.1. The molecule has 0 radical (unpaired) electrons. The molecule has 0 bridgehead atoms. The monoisotopic (exact) mass is 514 g/mol. The standard InChI is InChI=1S/C28H27BrN4O/c1-19(20-8-3-2-4-9-20)30-26(34)16-17-33(23-14-15-23)28-24-12-5-6-13-25(24)31-27(32-28)21-10-7-11-22(29)18-21/h2-13,18-19,23H,14-17H2,1H3,(H,30,34). The summed E-state index contributed by atoms with van der Waals surface area (Å²) in [5.74, 6) is 1.65. The number of fused-ring (bicyclic) bond motifs is 1. The zero-order valence-corrected chi connectivity index (χ0v) is 20.7. The van der Waals surface area contributed by atoms with Crippen LogP contribution in [-0.4, -0.2) is 28.5 Å². The van der Waals surface area contributed by atoms with Crippen molar-refractivity contribution in [1.29, 1.82) is 0 Å². The van der Waals surface area contributed by atoms with Gasteiger partial charge in [0.25, 0.3) is 0 Å². The minimum absolute atomic E-state index is 0.0221. The molecule has 1 unspecified atom stereocenters. The average molecular weight is 515 g/mol. The molecular weight excluding hydrogens is 488 g/mol. The van der Waals surface area contributed by atoms with Crippen molar-refractivity contribution in [2.45, 2.75) is 38.3 Å². The zero-order valence-electron chi connectivity index (χ0n) is 19.1. The maximum absolute atomic E-state index is 12.8. The molecule has 0 aliphatic heterocycles. The number of anilines is 1. The smallest absolute Gasteiger partial charge is 0.222 e. The number of carbonyl (C=O) groups is 1. The highest BCUT2D eigenvalue weighted by Crippen LogP contribution is 2.36. The van der Waals surface area contributed by atoms with Gasteiger partial charge in [-0.05, 0) is 49.6 Å². The van der Waals surface area contributed by atoms with Crippen molar-refractivity contribution in [2.75, 3.05) is 11.4 Å². The summed E-state index contributed by atoms with van der Waals surface area (Å²) < 4.78 is 0.992. The van der Waals surface area contributed by atoms with Crippen LogP contribution in [0.15, 0.2) is 83.3 Å². The molecule has 1 heterocycles. The molecule has 6 heteroatoms. The van der Waals surface area contributed by atoms with Crippen LogP contribution >= 0.6 is 15.9 Å². The Labute approximate surface area is 208 Å². The largest absolute Gasteiger partial charge is 0.352 e. The van der Waals surface area contributed by atoms with E-state index >= 15 is 0 Å². The molecule has 1 atom stereocenters. The van der Waals surface area contributed by atoms with Gasteiger partial charge in [-0.15, -0.1) is 0 Å². The molecule has 1 aliphatic carbocycles. The van der Waals surface area contributed by atoms with Crippen LogP contribution in [0, 0.1) is 0 Å². The fourth-order valence-electron chi connectivity index (χ4n) is 4.24. The highest BCUT2D eigenvalue weighted by molar-refractivity contribution is 9.10. The second-order valence-electron chi connectivity index (χ2n) is 8.77. The summed E-state index contributed by atoms with van der Waals surface area (Å²) in [6.45, 7) is 2.64. The van der Waals surface area contributed by atoms with Crippen LogP contribution in [0.3, 0.4) is 0 Å². The Morgan fingerprint density at radius 3 is 2.56 bits per heavy atom. The van der Waals surface area contributed by atoms with Crippen LogP contribution in [0.5, 0.6) is 0 Å². The predicted molar refractivity (Wildman–Crippen MR) is 141 cm³/mol. The lowest BCUT2D eigenvalue weighted by Crippen LogP contribution is -2.34. The lowest BCUT2D eigenvalue weighted by molar-refractivity contribution is -0.121. The van der Waals surface area contributed by atoms with Crippen LogP contribution in [0.25, 0.3) is 22.3 Å². The van der Waals surface area contributed by atoms with Gasteiger partial charge in [0.1, 0.15) is 5.82 Å². The van der Waals surface area contributed by atoms with Gasteiger partial charge in [0, 0.05) is 34.4 Å². The zero-order chi connectivity index (χ0) is 23.5. The van der Waals surface area contributed by atoms with Gasteiger partial charge < -0.3 is 10.2 Å². The van der Waals surface area contributed by atoms with Crippen LogP contribution in [0.2, 0.25) is 0 Å². The van der Waals surface area contributed by atoms with Crippen molar-refractivity contribution in [3.63, 3.8) is 0 Å². The van der Waals surface area contributed by atoms with E-state index < -0.39 is 0 Å². The molecule has 1 fully saturated rings. The lowest BCUT2D eigenvalue weighted by Gasteiger charge is -2.25. The van der Waals surface area contributed by atoms with Crippen LogP contribution in [0.1, 0.15) is 37.8 Å². The third-order valence-corrected chi connectivity index (χ3v) is 6.68. The number of carbonyl (C=O) groups excluding carboxylic acids is 1. The van der Waals surface area contributed by atoms with E-state index in [-0.39, 0.29) is 11.9 Å². The Bertz CT molecular complexity index is 1310. The number of halogens is 1. The van der Waals surface area contributed by atoms with Gasteiger partial charge in [0.15, 0.2) is 5.82 Å².